The molecule has 11 nitrogen and oxygen atoms in total. The summed E-state index contributed by atoms with van der Waals surface area (Å²) in [5, 5.41) is 29.4. The summed E-state index contributed by atoms with van der Waals surface area (Å²) in [6, 6.07) is 22.5. The molecule has 0 saturated carbocycles. The number of aromatic nitrogens is 3. The summed E-state index contributed by atoms with van der Waals surface area (Å²) in [4.78, 5) is 4.43. The maximum atomic E-state index is 8.96. The van der Waals surface area contributed by atoms with Gasteiger partial charge in [0.1, 0.15) is 35.7 Å². The molecule has 0 bridgehead atoms. The number of pyridine rings is 1. The van der Waals surface area contributed by atoms with Gasteiger partial charge in [-0.1, -0.05) is 62.7 Å². The van der Waals surface area contributed by atoms with Gasteiger partial charge in [-0.05, 0) is 69.3 Å². The summed E-state index contributed by atoms with van der Waals surface area (Å²) < 4.78 is 16.2. The predicted octanol–water partition coefficient (Wildman–Crippen LogP) is 5.42. The fourth-order valence-electron chi connectivity index (χ4n) is 6.56. The number of aryl methyl sites for hydroxylation is 1. The average Bonchev–Trinajstić information content (AvgIpc) is 3.52. The van der Waals surface area contributed by atoms with Crippen LogP contribution in [0.15, 0.2) is 72.9 Å². The summed E-state index contributed by atoms with van der Waals surface area (Å²) in [5.41, 5.74) is 5.77. The Kier molecular flexibility index (Phi) is 10.4. The van der Waals surface area contributed by atoms with E-state index in [2.05, 4.69) is 110 Å². The second kappa shape index (κ2) is 14.7. The van der Waals surface area contributed by atoms with Gasteiger partial charge in [-0.25, -0.2) is 4.68 Å². The second-order valence-corrected chi connectivity index (χ2v) is 14.4. The molecule has 2 aliphatic rings. The summed E-state index contributed by atoms with van der Waals surface area (Å²) in [5.74, 6) is 1.94. The fraction of sp³-hybridized carbons (Fsp3) is 0.447. The van der Waals surface area contributed by atoms with Crippen LogP contribution in [0, 0.1) is 17.7 Å². The van der Waals surface area contributed by atoms with Crippen molar-refractivity contribution in [1.82, 2.24) is 29.5 Å². The number of piperazine rings is 1. The first-order valence-corrected chi connectivity index (χ1v) is 17.2. The van der Waals surface area contributed by atoms with Crippen molar-refractivity contribution in [3.05, 3.63) is 101 Å². The molecule has 2 aromatic heterocycles. The number of nitrogens with zero attached hydrogens (tertiary/aromatic N) is 5. The van der Waals surface area contributed by atoms with Crippen LogP contribution in [0.1, 0.15) is 68.1 Å². The number of hydrogen-bond donors (Lipinski definition) is 4. The molecule has 6 rings (SSSR count). The highest BCUT2D eigenvalue weighted by atomic mass is 16.5. The van der Waals surface area contributed by atoms with E-state index in [0.717, 1.165) is 55.2 Å². The Balaban J connectivity index is 1.07. The maximum absolute atomic E-state index is 8.96. The molecule has 4 N–H and O–H groups in total. The number of benzene rings is 2. The van der Waals surface area contributed by atoms with Gasteiger partial charge >= 0.3 is 0 Å². The van der Waals surface area contributed by atoms with E-state index in [4.69, 9.17) is 25.4 Å². The van der Waals surface area contributed by atoms with Gasteiger partial charge in [0.2, 0.25) is 0 Å². The average molecular weight is 666 g/mol. The molecule has 260 valence electrons. The SMILES string of the molecule is Cc1ccc(-n2nc(C(C)(C)C)cc2NCOCNC2CCC(Oc3ccc(=N)n(C(=N)C4CN(C)CCN4C)c3)c3ccccc32)cc1. The van der Waals surface area contributed by atoms with Crippen LogP contribution in [0.5, 0.6) is 5.75 Å². The van der Waals surface area contributed by atoms with Gasteiger partial charge in [-0.3, -0.25) is 25.6 Å². The zero-order valence-corrected chi connectivity index (χ0v) is 29.7. The molecule has 3 heterocycles. The van der Waals surface area contributed by atoms with E-state index in [1.54, 1.807) is 16.8 Å². The zero-order valence-electron chi connectivity index (χ0n) is 29.7. The normalized spacial score (nSPS) is 20.2. The number of nitrogens with one attached hydrogen (secondary N) is 4. The molecule has 3 atom stereocenters. The fourth-order valence-corrected chi connectivity index (χ4v) is 6.56. The molecule has 4 aromatic rings. The van der Waals surface area contributed by atoms with Crippen molar-refractivity contribution in [1.29, 1.82) is 10.8 Å². The van der Waals surface area contributed by atoms with Crippen LogP contribution in [0.2, 0.25) is 0 Å². The quantitative estimate of drug-likeness (QED) is 0.0774. The molecule has 1 fully saturated rings. The lowest BCUT2D eigenvalue weighted by Crippen LogP contribution is -2.55. The third-order valence-electron chi connectivity index (χ3n) is 9.61. The molecule has 1 aliphatic carbocycles. The number of anilines is 1. The summed E-state index contributed by atoms with van der Waals surface area (Å²) in [6.45, 7) is 11.9. The molecule has 0 spiro atoms. The summed E-state index contributed by atoms with van der Waals surface area (Å²) in [7, 11) is 4.13. The Hall–Kier alpha value is -4.29. The lowest BCUT2D eigenvalue weighted by atomic mass is 9.85. The van der Waals surface area contributed by atoms with Gasteiger partial charge < -0.3 is 19.7 Å². The van der Waals surface area contributed by atoms with Crippen molar-refractivity contribution in [2.24, 2.45) is 0 Å². The predicted molar refractivity (Wildman–Crippen MR) is 194 cm³/mol. The Bertz CT molecular complexity index is 1810. The van der Waals surface area contributed by atoms with Crippen LogP contribution in [-0.2, 0) is 10.2 Å². The lowest BCUT2D eigenvalue weighted by Gasteiger charge is -2.38. The van der Waals surface area contributed by atoms with Crippen LogP contribution < -0.4 is 20.9 Å². The third kappa shape index (κ3) is 7.96. The van der Waals surface area contributed by atoms with Gasteiger partial charge in [-0.2, -0.15) is 5.10 Å². The number of hydrogen-bond acceptors (Lipinski definition) is 9. The van der Waals surface area contributed by atoms with Gasteiger partial charge in [0.25, 0.3) is 0 Å². The van der Waals surface area contributed by atoms with E-state index in [9.17, 15) is 0 Å². The van der Waals surface area contributed by atoms with Gasteiger partial charge in [0.15, 0.2) is 0 Å². The highest BCUT2D eigenvalue weighted by Gasteiger charge is 2.30. The molecule has 11 heteroatoms. The molecule has 1 saturated heterocycles. The van der Waals surface area contributed by atoms with E-state index < -0.39 is 0 Å². The number of likely N-dealkylation sites (N-methyl/N-ethyl adjacent to an activating group) is 2. The van der Waals surface area contributed by atoms with Crippen LogP contribution in [-0.4, -0.2) is 83.2 Å². The van der Waals surface area contributed by atoms with E-state index >= 15 is 0 Å². The third-order valence-corrected chi connectivity index (χ3v) is 9.61. The Morgan fingerprint density at radius 3 is 2.47 bits per heavy atom. The monoisotopic (exact) mass is 665 g/mol. The van der Waals surface area contributed by atoms with Crippen LogP contribution in [0.4, 0.5) is 5.82 Å². The second-order valence-electron chi connectivity index (χ2n) is 14.4. The number of rotatable bonds is 10. The van der Waals surface area contributed by atoms with Gasteiger partial charge in [0.05, 0.1) is 30.4 Å². The van der Waals surface area contributed by atoms with Crippen LogP contribution >= 0.6 is 0 Å². The first-order valence-electron chi connectivity index (χ1n) is 17.2. The van der Waals surface area contributed by atoms with Crippen molar-refractivity contribution in [3.8, 4) is 11.4 Å². The van der Waals surface area contributed by atoms with Crippen molar-refractivity contribution in [2.45, 2.75) is 64.1 Å². The highest BCUT2D eigenvalue weighted by molar-refractivity contribution is 5.87. The minimum absolute atomic E-state index is 0.0801. The maximum Gasteiger partial charge on any atom is 0.137 e. The van der Waals surface area contributed by atoms with E-state index in [1.165, 1.54) is 11.1 Å². The van der Waals surface area contributed by atoms with E-state index in [0.29, 0.717) is 25.0 Å². The Morgan fingerprint density at radius 2 is 1.71 bits per heavy atom. The zero-order chi connectivity index (χ0) is 34.7. The van der Waals surface area contributed by atoms with Crippen molar-refractivity contribution in [2.75, 3.05) is 52.5 Å². The number of fused-ring (bicyclic) bond motifs is 1. The largest absolute Gasteiger partial charge is 0.484 e. The van der Waals surface area contributed by atoms with E-state index in [1.807, 2.05) is 17.8 Å². The first-order chi connectivity index (χ1) is 23.5. The highest BCUT2D eigenvalue weighted by Crippen LogP contribution is 2.38. The van der Waals surface area contributed by atoms with Crippen LogP contribution in [0.25, 0.3) is 5.69 Å². The molecule has 2 aromatic carbocycles. The van der Waals surface area contributed by atoms with Crippen LogP contribution in [0.3, 0.4) is 0 Å². The topological polar surface area (TPSA) is 119 Å². The minimum atomic E-state index is -0.126. The Morgan fingerprint density at radius 1 is 0.959 bits per heavy atom. The summed E-state index contributed by atoms with van der Waals surface area (Å²) >= 11 is 0. The summed E-state index contributed by atoms with van der Waals surface area (Å²) in [6.07, 6.45) is 3.39. The van der Waals surface area contributed by atoms with Crippen molar-refractivity contribution >= 4 is 11.7 Å². The number of ether oxygens (including phenoxy) is 2. The Labute approximate surface area is 289 Å². The standard InChI is InChI=1S/C38H51N9O2/c1-26-11-13-27(14-12-26)47-36(21-34(43-47)38(2,3)4)42-25-48-24-41-31-16-17-33(30-10-8-7-9-29(30)31)49-28-15-18-35(39)46(22-28)37(40)32-23-44(5)19-20-45(32)6/h7-15,18,21-22,31-33,39-42H,16-17,19-20,23-25H2,1-6H3. The molecule has 3 unspecified atom stereocenters. The smallest absolute Gasteiger partial charge is 0.137 e. The molecule has 0 radical (unpaired) electrons. The minimum Gasteiger partial charge on any atom is -0.484 e. The molecule has 49 heavy (non-hydrogen) atoms. The van der Waals surface area contributed by atoms with Crippen molar-refractivity contribution < 1.29 is 9.47 Å². The van der Waals surface area contributed by atoms with Crippen molar-refractivity contribution in [3.63, 3.8) is 0 Å². The molecular weight excluding hydrogens is 614 g/mol. The first kappa shape index (κ1) is 34.6. The molecule has 1 aliphatic heterocycles. The molecular formula is C38H51N9O2. The van der Waals surface area contributed by atoms with Gasteiger partial charge in [-0.15, -0.1) is 0 Å². The lowest BCUT2D eigenvalue weighted by molar-refractivity contribution is 0.112. The van der Waals surface area contributed by atoms with Gasteiger partial charge in [0, 0.05) is 37.2 Å². The van der Waals surface area contributed by atoms with E-state index in [-0.39, 0.29) is 29.1 Å². The molecule has 0 amide bonds.